The van der Waals surface area contributed by atoms with E-state index in [0.717, 1.165) is 30.6 Å². The van der Waals surface area contributed by atoms with Crippen LogP contribution in [0.5, 0.6) is 5.75 Å². The van der Waals surface area contributed by atoms with Gasteiger partial charge >= 0.3 is 5.97 Å². The van der Waals surface area contributed by atoms with E-state index in [1.807, 2.05) is 20.8 Å². The molecule has 28 nitrogen and oxygen atoms in total. The zero-order valence-corrected chi connectivity index (χ0v) is 45.9. The van der Waals surface area contributed by atoms with Gasteiger partial charge in [-0.05, 0) is 30.0 Å². The second kappa shape index (κ2) is 29.9. The number of carboxylic acid groups (broad SMARTS) is 1. The maximum absolute atomic E-state index is 14.5. The number of aliphatic hydroxyl groups is 3. The number of carbonyl (C=O) groups is 9. The van der Waals surface area contributed by atoms with E-state index in [9.17, 15) is 78.0 Å². The molecule has 14 N–H and O–H groups in total. The lowest BCUT2D eigenvalue weighted by molar-refractivity contribution is -0.260. The Morgan fingerprint density at radius 3 is 2.18 bits per heavy atom. The lowest BCUT2D eigenvalue weighted by Crippen LogP contribution is -2.62. The number of ether oxygens (including phenoxy) is 1. The Labute approximate surface area is 458 Å². The van der Waals surface area contributed by atoms with Gasteiger partial charge in [0.25, 0.3) is 0 Å². The number of phenolic OH excluding ortho intramolecular Hbond substituents is 1. The molecular weight excluding hydrogens is 1060 g/mol. The summed E-state index contributed by atoms with van der Waals surface area (Å²) in [6, 6.07) is -6.28. The summed E-state index contributed by atoms with van der Waals surface area (Å²) in [7, 11) is -2.41. The summed E-state index contributed by atoms with van der Waals surface area (Å²) < 4.78 is 19.6. The second-order valence-electron chi connectivity index (χ2n) is 20.6. The Balaban J connectivity index is 0.000000779. The Morgan fingerprint density at radius 2 is 1.54 bits per heavy atom. The third kappa shape index (κ3) is 19.1. The molecule has 1 aromatic heterocycles. The number of aliphatic hydroxyl groups excluding tert-OH is 3. The zero-order chi connectivity index (χ0) is 58.9. The van der Waals surface area contributed by atoms with Gasteiger partial charge in [0.1, 0.15) is 53.1 Å². The van der Waals surface area contributed by atoms with Gasteiger partial charge in [0.15, 0.2) is 0 Å². The van der Waals surface area contributed by atoms with E-state index in [2.05, 4.69) is 47.2 Å². The number of hydrogen-bond donors (Lipinski definition) is 13. The van der Waals surface area contributed by atoms with E-state index in [1.54, 1.807) is 13.8 Å². The summed E-state index contributed by atoms with van der Waals surface area (Å²) in [5, 5.41) is 79.5. The number of nitrogens with one attached hydrogen (secondary N) is 9. The van der Waals surface area contributed by atoms with Gasteiger partial charge in [-0.2, -0.15) is 6.54 Å². The first-order valence-electron chi connectivity index (χ1n) is 26.0. The number of aromatic nitrogens is 1. The summed E-state index contributed by atoms with van der Waals surface area (Å²) in [6.45, 7) is 8.15. The molecule has 0 saturated carbocycles. The van der Waals surface area contributed by atoms with Crippen molar-refractivity contribution >= 4 is 81.0 Å². The number of benzene rings is 1. The molecule has 440 valence electrons. The van der Waals surface area contributed by atoms with Gasteiger partial charge in [0.05, 0.1) is 60.4 Å². The first-order valence-corrected chi connectivity index (χ1v) is 27.3. The van der Waals surface area contributed by atoms with Gasteiger partial charge < -0.3 is 88.2 Å². The van der Waals surface area contributed by atoms with Crippen molar-refractivity contribution in [3.8, 4) is 5.75 Å². The zero-order valence-electron chi connectivity index (χ0n) is 45.0. The van der Waals surface area contributed by atoms with Crippen molar-refractivity contribution in [3.63, 3.8) is 0 Å². The maximum Gasteiger partial charge on any atom is 0.305 e. The summed E-state index contributed by atoms with van der Waals surface area (Å²) >= 11 is 0. The smallest absolute Gasteiger partial charge is 0.305 e. The normalized spacial score (nSPS) is 25.5. The van der Waals surface area contributed by atoms with Gasteiger partial charge in [0, 0.05) is 48.9 Å². The van der Waals surface area contributed by atoms with Crippen LogP contribution in [-0.4, -0.2) is 198 Å². The molecule has 29 heteroatoms. The van der Waals surface area contributed by atoms with Crippen LogP contribution in [0.1, 0.15) is 92.1 Å². The fraction of sp³-hybridized carbons (Fsp3) is 0.640. The number of H-pyrrole nitrogens is 1. The van der Waals surface area contributed by atoms with E-state index in [0.29, 0.717) is 19.5 Å². The van der Waals surface area contributed by atoms with Crippen LogP contribution in [0.3, 0.4) is 0 Å². The fourth-order valence-corrected chi connectivity index (χ4v) is 10.1. The number of carbonyl (C=O) groups excluding carboxylic acids is 8. The molecule has 0 spiro atoms. The standard InChI is InChI=1S/C39H53N9O15S.C11H23N2O2/c1-4-16(2)31-36(60)41-11-28(53)42-25-15-64(63)38-21(20-6-5-18(50)7-22(20)45-38)9-23(33(57)40-12-29(54)46-31)43-37(61)32(17(3)27(52)14-49)47-35(59)26-8-19(51)13-48(26)39(62)24(10-30(55)56)44-34(25)58;1-11(2,3)15-10(14)13-9-7-5-4-6-8-12/h5-7,16-17,19,23-27,31-32,45,49-52H,4,8-15H2,1-3H3,(H,40,57)(H,41,60)(H,42,53)(H,43,61)(H,44,58)(H,46,54)(H,47,59)(H,55,56);12H,4-9H2,1-3H3,(H,13,14)/q;-1/p-1. The Hall–Kier alpha value is -6.95. The van der Waals surface area contributed by atoms with Gasteiger partial charge in [-0.3, -0.25) is 52.4 Å². The van der Waals surface area contributed by atoms with E-state index < -0.39 is 187 Å². The van der Waals surface area contributed by atoms with Crippen LogP contribution in [-0.2, 0) is 65.1 Å². The number of aliphatic imine (C=N–C) groups is 1. The Bertz CT molecular complexity index is 2570. The summed E-state index contributed by atoms with van der Waals surface area (Å²) in [6.07, 6.45) is -1.29. The van der Waals surface area contributed by atoms with E-state index in [4.69, 9.17) is 10.5 Å². The molecule has 4 heterocycles. The molecule has 79 heavy (non-hydrogen) atoms. The number of hydrogen-bond acceptors (Lipinski definition) is 17. The Morgan fingerprint density at radius 1 is 0.886 bits per heavy atom. The highest BCUT2D eigenvalue weighted by Gasteiger charge is 2.45. The molecule has 1 fully saturated rings. The number of aliphatic carboxylic acids is 1. The van der Waals surface area contributed by atoms with Crippen LogP contribution in [0, 0.1) is 11.8 Å². The monoisotopic (exact) mass is 1130 g/mol. The lowest BCUT2D eigenvalue weighted by Gasteiger charge is -2.32. The summed E-state index contributed by atoms with van der Waals surface area (Å²) in [5.74, 6) is -12.9. The first-order chi connectivity index (χ1) is 37.2. The van der Waals surface area contributed by atoms with Crippen molar-refractivity contribution in [1.82, 2.24) is 47.1 Å². The van der Waals surface area contributed by atoms with Gasteiger partial charge in [-0.25, -0.2) is 0 Å². The average molecular weight is 1130 g/mol. The molecule has 0 aliphatic carbocycles. The number of rotatable bonds is 13. The van der Waals surface area contributed by atoms with Crippen LogP contribution in [0.25, 0.3) is 16.6 Å². The van der Waals surface area contributed by atoms with Crippen molar-refractivity contribution in [2.75, 3.05) is 45.1 Å². The minimum absolute atomic E-state index is 0.0635. The largest absolute Gasteiger partial charge is 0.677 e. The minimum Gasteiger partial charge on any atom is -0.677 e. The maximum atomic E-state index is 14.5. The number of fused-ring (bicyclic) bond motifs is 5. The van der Waals surface area contributed by atoms with Crippen molar-refractivity contribution in [1.29, 1.82) is 0 Å². The Kier molecular flexibility index (Phi) is 24.4. The molecule has 5 rings (SSSR count). The number of unbranched alkanes of at least 4 members (excludes halogenated alkanes) is 3. The number of aromatic hydroxyl groups is 1. The summed E-state index contributed by atoms with van der Waals surface area (Å²) in [5.41, 5.74) is 6.72. The molecule has 11 unspecified atom stereocenters. The molecule has 8 amide bonds. The average Bonchev–Trinajstić information content (AvgIpc) is 3.99. The molecule has 2 bridgehead atoms. The van der Waals surface area contributed by atoms with Crippen molar-refractivity contribution in [3.05, 3.63) is 29.5 Å². The van der Waals surface area contributed by atoms with Crippen LogP contribution in [0.15, 0.2) is 28.2 Å². The van der Waals surface area contributed by atoms with E-state index in [1.165, 1.54) is 25.1 Å². The minimum atomic E-state index is -2.41. The van der Waals surface area contributed by atoms with Crippen LogP contribution < -0.4 is 42.3 Å². The van der Waals surface area contributed by atoms with Crippen LogP contribution in [0.4, 0.5) is 0 Å². The van der Waals surface area contributed by atoms with Crippen LogP contribution >= 0.6 is 0 Å². The third-order valence-electron chi connectivity index (χ3n) is 13.2. The number of aromatic amines is 1. The van der Waals surface area contributed by atoms with Crippen molar-refractivity contribution in [2.45, 2.75) is 152 Å². The second-order valence-corrected chi connectivity index (χ2v) is 22.0. The van der Waals surface area contributed by atoms with Gasteiger partial charge in [-0.15, -0.1) is 0 Å². The first kappa shape index (κ1) is 64.6. The molecular formula is C50H75N11O17S-2. The highest BCUT2D eigenvalue weighted by Crippen LogP contribution is 2.30. The van der Waals surface area contributed by atoms with Crippen molar-refractivity contribution in [2.24, 2.45) is 16.8 Å². The molecule has 3 aliphatic rings. The number of carboxylic acids is 1. The van der Waals surface area contributed by atoms with Gasteiger partial charge in [-0.1, -0.05) is 67.2 Å². The number of nitrogens with zero attached hydrogens (tertiary/aromatic N) is 2. The highest BCUT2D eigenvalue weighted by atomic mass is 32.2. The molecule has 3 aliphatic heterocycles. The quantitative estimate of drug-likeness (QED) is 0.0534. The number of amides is 8. The lowest BCUT2D eigenvalue weighted by atomic mass is 9.93. The van der Waals surface area contributed by atoms with E-state index >= 15 is 0 Å². The predicted octanol–water partition coefficient (Wildman–Crippen LogP) is -3.19. The SMILES string of the molecule is CC(C)(C)OC([O-])=NCCCCCC[NH-].CCC(C)C1NC(=O)CNC(=O)C2Cc3c([nH]c4cc(O)ccc34)S(=O)CC(NC(=O)CNC1=O)C(=O)NC(CC(=O)O)C(=O)N1CC(O)CC1C(=O)NC(C(C)C(O)CO)C(=O)N2. The van der Waals surface area contributed by atoms with Crippen molar-refractivity contribution < 1.29 is 82.7 Å². The molecule has 0 radical (unpaired) electrons. The van der Waals surface area contributed by atoms with Crippen LogP contribution in [0.2, 0.25) is 0 Å². The third-order valence-corrected chi connectivity index (χ3v) is 14.7. The van der Waals surface area contributed by atoms with Gasteiger partial charge in [0.2, 0.25) is 47.3 Å². The molecule has 2 aromatic rings. The van der Waals surface area contributed by atoms with E-state index in [-0.39, 0.29) is 27.2 Å². The molecule has 1 saturated heterocycles. The predicted molar refractivity (Wildman–Crippen MR) is 282 cm³/mol. The number of phenols is 1. The molecule has 1 aromatic carbocycles. The topological polar surface area (TPSA) is 444 Å². The summed E-state index contributed by atoms with van der Waals surface area (Å²) in [4.78, 5) is 131. The fourth-order valence-electron chi connectivity index (χ4n) is 8.73. The molecule has 11 atom stereocenters. The highest BCUT2D eigenvalue weighted by molar-refractivity contribution is 7.85.